The van der Waals surface area contributed by atoms with Crippen LogP contribution in [0.1, 0.15) is 89.0 Å². The van der Waals surface area contributed by atoms with Crippen LogP contribution in [0.15, 0.2) is 36.5 Å². The van der Waals surface area contributed by atoms with Gasteiger partial charge in [0, 0.05) is 17.3 Å². The maximum Gasteiger partial charge on any atom is 0.212 e. The number of rotatable bonds is 9. The van der Waals surface area contributed by atoms with E-state index in [4.69, 9.17) is 0 Å². The van der Waals surface area contributed by atoms with Gasteiger partial charge < -0.3 is 0 Å². The molecule has 152 valence electrons. The van der Waals surface area contributed by atoms with Crippen molar-refractivity contribution in [2.75, 3.05) is 0 Å². The van der Waals surface area contributed by atoms with E-state index in [1.54, 1.807) is 12.1 Å². The number of nitrogens with zero attached hydrogens (tertiary/aromatic N) is 1. The third kappa shape index (κ3) is 5.86. The van der Waals surface area contributed by atoms with Crippen molar-refractivity contribution in [1.29, 1.82) is 0 Å². The van der Waals surface area contributed by atoms with Crippen molar-refractivity contribution in [2.45, 2.75) is 83.5 Å². The number of hydrogen-bond donors (Lipinski definition) is 0. The second-order valence-electron chi connectivity index (χ2n) is 8.38. The number of aromatic nitrogens is 1. The zero-order chi connectivity index (χ0) is 19.8. The van der Waals surface area contributed by atoms with Crippen LogP contribution >= 0.6 is 0 Å². The maximum atomic E-state index is 14.6. The highest BCUT2D eigenvalue weighted by atomic mass is 19.1. The van der Waals surface area contributed by atoms with Crippen LogP contribution < -0.4 is 0 Å². The monoisotopic (exact) mass is 385 g/mol. The number of benzene rings is 1. The van der Waals surface area contributed by atoms with Crippen LogP contribution in [0.25, 0.3) is 11.1 Å². The fourth-order valence-corrected chi connectivity index (χ4v) is 4.55. The Kier molecular flexibility index (Phi) is 8.00. The first-order chi connectivity index (χ1) is 13.7. The van der Waals surface area contributed by atoms with Crippen LogP contribution in [0.5, 0.6) is 0 Å². The van der Waals surface area contributed by atoms with Crippen LogP contribution in [0.4, 0.5) is 8.78 Å². The van der Waals surface area contributed by atoms with Crippen molar-refractivity contribution < 1.29 is 8.78 Å². The van der Waals surface area contributed by atoms with Crippen LogP contribution in [-0.2, 0) is 0 Å². The number of hydrogen-bond acceptors (Lipinski definition) is 1. The predicted molar refractivity (Wildman–Crippen MR) is 112 cm³/mol. The molecule has 0 amide bonds. The van der Waals surface area contributed by atoms with Gasteiger partial charge in [-0.1, -0.05) is 64.0 Å². The zero-order valence-corrected chi connectivity index (χ0v) is 17.1. The first-order valence-electron chi connectivity index (χ1n) is 11.1. The first kappa shape index (κ1) is 21.0. The molecule has 3 rings (SSSR count). The molecule has 0 bridgehead atoms. The van der Waals surface area contributed by atoms with Gasteiger partial charge in [-0.25, -0.2) is 9.37 Å². The van der Waals surface area contributed by atoms with Crippen LogP contribution in [0.3, 0.4) is 0 Å². The van der Waals surface area contributed by atoms with Gasteiger partial charge in [0.25, 0.3) is 0 Å². The zero-order valence-electron chi connectivity index (χ0n) is 17.1. The number of halogens is 2. The van der Waals surface area contributed by atoms with Crippen molar-refractivity contribution in [2.24, 2.45) is 5.92 Å². The topological polar surface area (TPSA) is 12.9 Å². The van der Waals surface area contributed by atoms with Gasteiger partial charge in [-0.15, -0.1) is 0 Å². The Balaban J connectivity index is 1.48. The normalized spacial score (nSPS) is 19.7. The van der Waals surface area contributed by atoms with Crippen LogP contribution in [0.2, 0.25) is 0 Å². The molecule has 1 saturated carbocycles. The van der Waals surface area contributed by atoms with Crippen LogP contribution in [0, 0.1) is 17.7 Å². The van der Waals surface area contributed by atoms with Gasteiger partial charge in [0.05, 0.1) is 0 Å². The summed E-state index contributed by atoms with van der Waals surface area (Å²) in [6, 6.07) is 8.39. The van der Waals surface area contributed by atoms with E-state index >= 15 is 0 Å². The highest BCUT2D eigenvalue weighted by Crippen LogP contribution is 2.38. The Morgan fingerprint density at radius 2 is 1.64 bits per heavy atom. The fourth-order valence-electron chi connectivity index (χ4n) is 4.55. The van der Waals surface area contributed by atoms with E-state index < -0.39 is 5.95 Å². The minimum absolute atomic E-state index is 0.236. The summed E-state index contributed by atoms with van der Waals surface area (Å²) in [5.41, 5.74) is 2.22. The molecule has 0 N–H and O–H groups in total. The van der Waals surface area contributed by atoms with E-state index in [9.17, 15) is 8.78 Å². The van der Waals surface area contributed by atoms with Crippen molar-refractivity contribution in [3.8, 4) is 11.1 Å². The molecule has 0 atom stereocenters. The molecule has 1 nitrogen and oxygen atoms in total. The smallest absolute Gasteiger partial charge is 0.212 e. The lowest BCUT2D eigenvalue weighted by atomic mass is 9.77. The highest BCUT2D eigenvalue weighted by Gasteiger charge is 2.23. The summed E-state index contributed by atoms with van der Waals surface area (Å²) in [5, 5.41) is 0. The predicted octanol–water partition coefficient (Wildman–Crippen LogP) is 8.05. The average Bonchev–Trinajstić information content (AvgIpc) is 2.72. The second-order valence-corrected chi connectivity index (χ2v) is 8.38. The second kappa shape index (κ2) is 10.7. The van der Waals surface area contributed by atoms with E-state index in [-0.39, 0.29) is 5.82 Å². The quantitative estimate of drug-likeness (QED) is 0.314. The van der Waals surface area contributed by atoms with Crippen molar-refractivity contribution >= 4 is 0 Å². The Morgan fingerprint density at radius 3 is 2.32 bits per heavy atom. The first-order valence-corrected chi connectivity index (χ1v) is 11.1. The largest absolute Gasteiger partial charge is 0.228 e. The lowest BCUT2D eigenvalue weighted by Crippen LogP contribution is -2.13. The Hall–Kier alpha value is -1.77. The SMILES string of the molecule is CCCCCCCC[C@H]1CC[C@H](c2ccc(-c3ccc(F)nc3)c(F)c2)CC1. The average molecular weight is 386 g/mol. The van der Waals surface area contributed by atoms with Gasteiger partial charge in [-0.2, -0.15) is 4.39 Å². The molecule has 1 fully saturated rings. The van der Waals surface area contributed by atoms with E-state index in [1.807, 2.05) is 12.1 Å². The van der Waals surface area contributed by atoms with Gasteiger partial charge in [0.2, 0.25) is 5.95 Å². The number of pyridine rings is 1. The Bertz CT molecular complexity index is 718. The molecule has 1 aliphatic rings. The van der Waals surface area contributed by atoms with Crippen molar-refractivity contribution in [1.82, 2.24) is 4.98 Å². The van der Waals surface area contributed by atoms with E-state index in [0.29, 0.717) is 17.0 Å². The van der Waals surface area contributed by atoms with Gasteiger partial charge in [0.15, 0.2) is 0 Å². The van der Waals surface area contributed by atoms with Crippen molar-refractivity contribution in [3.05, 3.63) is 53.9 Å². The molecule has 3 heteroatoms. The summed E-state index contributed by atoms with van der Waals surface area (Å²) in [5.74, 6) is 0.547. The standard InChI is InChI=1S/C25H33F2N/c1-2-3-4-5-6-7-8-19-9-11-20(12-10-19)21-13-15-23(24(26)17-21)22-14-16-25(27)28-18-22/h13-20H,2-12H2,1H3/t19-,20-. The molecular weight excluding hydrogens is 352 g/mol. The molecule has 28 heavy (non-hydrogen) atoms. The third-order valence-corrected chi connectivity index (χ3v) is 6.32. The number of unbranched alkanes of at least 4 members (excludes halogenated alkanes) is 5. The molecule has 0 aliphatic heterocycles. The Morgan fingerprint density at radius 1 is 0.893 bits per heavy atom. The van der Waals surface area contributed by atoms with Gasteiger partial charge in [0.1, 0.15) is 5.82 Å². The molecule has 1 aliphatic carbocycles. The molecule has 1 aromatic heterocycles. The third-order valence-electron chi connectivity index (χ3n) is 6.32. The molecule has 0 radical (unpaired) electrons. The molecule has 1 heterocycles. The summed E-state index contributed by atoms with van der Waals surface area (Å²) in [6.45, 7) is 2.26. The molecule has 1 aromatic carbocycles. The van der Waals surface area contributed by atoms with Gasteiger partial charge >= 0.3 is 0 Å². The van der Waals surface area contributed by atoms with Gasteiger partial charge in [-0.3, -0.25) is 0 Å². The summed E-state index contributed by atoms with van der Waals surface area (Å²) in [6.07, 6.45) is 15.8. The van der Waals surface area contributed by atoms with Gasteiger partial charge in [-0.05, 0) is 61.3 Å². The van der Waals surface area contributed by atoms with E-state index in [1.165, 1.54) is 70.1 Å². The molecular formula is C25H33F2N. The molecule has 0 saturated heterocycles. The maximum absolute atomic E-state index is 14.6. The minimum atomic E-state index is -0.543. The van der Waals surface area contributed by atoms with Crippen LogP contribution in [-0.4, -0.2) is 4.98 Å². The Labute approximate surface area is 168 Å². The van der Waals surface area contributed by atoms with E-state index in [2.05, 4.69) is 11.9 Å². The molecule has 0 unspecified atom stereocenters. The fraction of sp³-hybridized carbons (Fsp3) is 0.560. The molecule has 2 aromatic rings. The highest BCUT2D eigenvalue weighted by molar-refractivity contribution is 5.63. The summed E-state index contributed by atoms with van der Waals surface area (Å²) < 4.78 is 27.6. The lowest BCUT2D eigenvalue weighted by molar-refractivity contribution is 0.301. The summed E-state index contributed by atoms with van der Waals surface area (Å²) in [4.78, 5) is 3.63. The van der Waals surface area contributed by atoms with E-state index in [0.717, 1.165) is 24.3 Å². The minimum Gasteiger partial charge on any atom is -0.228 e. The lowest BCUT2D eigenvalue weighted by Gasteiger charge is -2.29. The van der Waals surface area contributed by atoms with Crippen molar-refractivity contribution in [3.63, 3.8) is 0 Å². The summed E-state index contributed by atoms with van der Waals surface area (Å²) >= 11 is 0. The summed E-state index contributed by atoms with van der Waals surface area (Å²) in [7, 11) is 0. The molecule has 0 spiro atoms.